The van der Waals surface area contributed by atoms with Gasteiger partial charge < -0.3 is 10.6 Å². The molecule has 1 aromatic rings. The quantitative estimate of drug-likeness (QED) is 0.823. The van der Waals surface area contributed by atoms with Gasteiger partial charge in [0.25, 0.3) is 0 Å². The smallest absolute Gasteiger partial charge is 0.0340 e. The Morgan fingerprint density at radius 2 is 1.89 bits per heavy atom. The maximum atomic E-state index is 3.55. The first-order valence-electron chi connectivity index (χ1n) is 7.57. The molecule has 19 heavy (non-hydrogen) atoms. The molecule has 1 atom stereocenters. The zero-order valence-corrected chi connectivity index (χ0v) is 12.3. The lowest BCUT2D eigenvalue weighted by molar-refractivity contribution is 0.191. The Balaban J connectivity index is 1.77. The van der Waals surface area contributed by atoms with Gasteiger partial charge in [-0.2, -0.15) is 0 Å². The Hall–Kier alpha value is -1.06. The van der Waals surface area contributed by atoms with Gasteiger partial charge in [-0.05, 0) is 31.0 Å². The fourth-order valence-corrected chi connectivity index (χ4v) is 2.60. The minimum atomic E-state index is 0.595. The molecule has 1 unspecified atom stereocenters. The molecule has 1 aliphatic heterocycles. The molecule has 1 heterocycles. The van der Waals surface area contributed by atoms with E-state index in [9.17, 15) is 0 Å². The van der Waals surface area contributed by atoms with Gasteiger partial charge in [-0.15, -0.1) is 0 Å². The summed E-state index contributed by atoms with van der Waals surface area (Å²) in [7, 11) is 0. The molecule has 1 aromatic carbocycles. The van der Waals surface area contributed by atoms with Gasteiger partial charge in [0.1, 0.15) is 0 Å². The number of nitrogens with zero attached hydrogens (tertiary/aromatic N) is 1. The Morgan fingerprint density at radius 3 is 2.53 bits per heavy atom. The van der Waals surface area contributed by atoms with Gasteiger partial charge in [0, 0.05) is 44.5 Å². The standard InChI is InChI=1S/C16H27N3/c1-3-4-15-5-7-16(8-6-15)18-13-14(2)19-11-9-17-10-12-19/h5-8,14,17-18H,3-4,9-13H2,1-2H3. The van der Waals surface area contributed by atoms with E-state index in [2.05, 4.69) is 53.6 Å². The number of rotatable bonds is 6. The van der Waals surface area contributed by atoms with Crippen LogP contribution in [0, 0.1) is 0 Å². The fraction of sp³-hybridized carbons (Fsp3) is 0.625. The van der Waals surface area contributed by atoms with Crippen LogP contribution in [0.4, 0.5) is 5.69 Å². The molecule has 3 nitrogen and oxygen atoms in total. The van der Waals surface area contributed by atoms with Crippen LogP contribution in [0.5, 0.6) is 0 Å². The van der Waals surface area contributed by atoms with E-state index in [0.29, 0.717) is 6.04 Å². The molecule has 3 heteroatoms. The third-order valence-electron chi connectivity index (χ3n) is 3.87. The van der Waals surface area contributed by atoms with Gasteiger partial charge in [0.2, 0.25) is 0 Å². The summed E-state index contributed by atoms with van der Waals surface area (Å²) in [4.78, 5) is 2.55. The van der Waals surface area contributed by atoms with Crippen molar-refractivity contribution in [2.24, 2.45) is 0 Å². The summed E-state index contributed by atoms with van der Waals surface area (Å²) >= 11 is 0. The van der Waals surface area contributed by atoms with Gasteiger partial charge in [0.15, 0.2) is 0 Å². The lowest BCUT2D eigenvalue weighted by atomic mass is 10.1. The molecule has 0 bridgehead atoms. The van der Waals surface area contributed by atoms with E-state index in [0.717, 1.165) is 32.7 Å². The molecule has 2 rings (SSSR count). The van der Waals surface area contributed by atoms with Crippen molar-refractivity contribution in [3.05, 3.63) is 29.8 Å². The number of benzene rings is 1. The van der Waals surface area contributed by atoms with Crippen LogP contribution >= 0.6 is 0 Å². The fourth-order valence-electron chi connectivity index (χ4n) is 2.60. The predicted octanol–water partition coefficient (Wildman–Crippen LogP) is 2.34. The molecule has 1 saturated heterocycles. The second kappa shape index (κ2) is 7.51. The van der Waals surface area contributed by atoms with Crippen molar-refractivity contribution in [2.45, 2.75) is 32.7 Å². The first-order valence-corrected chi connectivity index (χ1v) is 7.57. The lowest BCUT2D eigenvalue weighted by Gasteiger charge is -2.33. The topological polar surface area (TPSA) is 27.3 Å². The van der Waals surface area contributed by atoms with Crippen LogP contribution in [0.2, 0.25) is 0 Å². The number of aryl methyl sites for hydroxylation is 1. The van der Waals surface area contributed by atoms with E-state index in [1.54, 1.807) is 0 Å². The highest BCUT2D eigenvalue weighted by Crippen LogP contribution is 2.11. The summed E-state index contributed by atoms with van der Waals surface area (Å²) in [6.07, 6.45) is 2.39. The molecule has 0 aromatic heterocycles. The molecule has 2 N–H and O–H groups in total. The molecule has 0 aliphatic carbocycles. The minimum Gasteiger partial charge on any atom is -0.383 e. The number of nitrogens with one attached hydrogen (secondary N) is 2. The largest absolute Gasteiger partial charge is 0.383 e. The van der Waals surface area contributed by atoms with E-state index in [1.807, 2.05) is 0 Å². The van der Waals surface area contributed by atoms with Crippen molar-refractivity contribution in [3.63, 3.8) is 0 Å². The third-order valence-corrected chi connectivity index (χ3v) is 3.87. The van der Waals surface area contributed by atoms with Crippen molar-refractivity contribution in [1.29, 1.82) is 0 Å². The highest BCUT2D eigenvalue weighted by atomic mass is 15.2. The van der Waals surface area contributed by atoms with E-state index in [-0.39, 0.29) is 0 Å². The Morgan fingerprint density at radius 1 is 1.21 bits per heavy atom. The zero-order chi connectivity index (χ0) is 13.5. The van der Waals surface area contributed by atoms with Crippen LogP contribution in [0.1, 0.15) is 25.8 Å². The van der Waals surface area contributed by atoms with Crippen LogP contribution < -0.4 is 10.6 Å². The molecule has 0 spiro atoms. The van der Waals surface area contributed by atoms with Crippen molar-refractivity contribution >= 4 is 5.69 Å². The van der Waals surface area contributed by atoms with Gasteiger partial charge in [-0.1, -0.05) is 25.5 Å². The maximum Gasteiger partial charge on any atom is 0.0340 e. The average molecular weight is 261 g/mol. The van der Waals surface area contributed by atoms with E-state index < -0.39 is 0 Å². The van der Waals surface area contributed by atoms with Gasteiger partial charge in [-0.25, -0.2) is 0 Å². The molecule has 1 fully saturated rings. The number of hydrogen-bond donors (Lipinski definition) is 2. The van der Waals surface area contributed by atoms with Crippen LogP contribution in [-0.2, 0) is 6.42 Å². The minimum absolute atomic E-state index is 0.595. The predicted molar refractivity (Wildman–Crippen MR) is 82.8 cm³/mol. The molecule has 0 saturated carbocycles. The second-order valence-corrected chi connectivity index (χ2v) is 5.46. The highest BCUT2D eigenvalue weighted by molar-refractivity contribution is 5.44. The molecule has 0 radical (unpaired) electrons. The normalized spacial score (nSPS) is 18.2. The summed E-state index contributed by atoms with van der Waals surface area (Å²) in [6.45, 7) is 10.1. The van der Waals surface area contributed by atoms with Crippen molar-refractivity contribution in [3.8, 4) is 0 Å². The van der Waals surface area contributed by atoms with E-state index in [4.69, 9.17) is 0 Å². The summed E-state index contributed by atoms with van der Waals surface area (Å²) in [5, 5.41) is 6.95. The van der Waals surface area contributed by atoms with E-state index >= 15 is 0 Å². The van der Waals surface area contributed by atoms with Crippen LogP contribution in [-0.4, -0.2) is 43.7 Å². The van der Waals surface area contributed by atoms with Gasteiger partial charge >= 0.3 is 0 Å². The monoisotopic (exact) mass is 261 g/mol. The van der Waals surface area contributed by atoms with Gasteiger partial charge in [-0.3, -0.25) is 4.90 Å². The summed E-state index contributed by atoms with van der Waals surface area (Å²) in [5.41, 5.74) is 2.67. The highest BCUT2D eigenvalue weighted by Gasteiger charge is 2.15. The van der Waals surface area contributed by atoms with Gasteiger partial charge in [0.05, 0.1) is 0 Å². The molecule has 106 valence electrons. The maximum absolute atomic E-state index is 3.55. The third kappa shape index (κ3) is 4.51. The van der Waals surface area contributed by atoms with Crippen molar-refractivity contribution in [1.82, 2.24) is 10.2 Å². The number of piperazine rings is 1. The number of anilines is 1. The average Bonchev–Trinajstić information content (AvgIpc) is 2.47. The number of hydrogen-bond acceptors (Lipinski definition) is 3. The Labute approximate surface area is 117 Å². The zero-order valence-electron chi connectivity index (χ0n) is 12.3. The molecular weight excluding hydrogens is 234 g/mol. The SMILES string of the molecule is CCCc1ccc(NCC(C)N2CCNCC2)cc1. The molecular formula is C16H27N3. The summed E-state index contributed by atoms with van der Waals surface area (Å²) in [6, 6.07) is 9.48. The first-order chi connectivity index (χ1) is 9.29. The molecule has 0 amide bonds. The lowest BCUT2D eigenvalue weighted by Crippen LogP contribution is -2.49. The van der Waals surface area contributed by atoms with Crippen molar-refractivity contribution in [2.75, 3.05) is 38.0 Å². The van der Waals surface area contributed by atoms with E-state index in [1.165, 1.54) is 24.1 Å². The van der Waals surface area contributed by atoms with Crippen molar-refractivity contribution < 1.29 is 0 Å². The molecule has 1 aliphatic rings. The van der Waals surface area contributed by atoms with Crippen LogP contribution in [0.15, 0.2) is 24.3 Å². The van der Waals surface area contributed by atoms with Crippen LogP contribution in [0.25, 0.3) is 0 Å². The summed E-state index contributed by atoms with van der Waals surface area (Å²) < 4.78 is 0. The summed E-state index contributed by atoms with van der Waals surface area (Å²) in [5.74, 6) is 0. The Kier molecular flexibility index (Phi) is 5.67. The second-order valence-electron chi connectivity index (χ2n) is 5.46. The first kappa shape index (κ1) is 14.4. The Bertz CT molecular complexity index is 355. The van der Waals surface area contributed by atoms with Crippen LogP contribution in [0.3, 0.4) is 0 Å².